The van der Waals surface area contributed by atoms with Gasteiger partial charge in [0.2, 0.25) is 11.7 Å². The van der Waals surface area contributed by atoms with Crippen molar-refractivity contribution in [2.45, 2.75) is 18.8 Å². The van der Waals surface area contributed by atoms with Crippen molar-refractivity contribution in [1.29, 1.82) is 0 Å². The van der Waals surface area contributed by atoms with Crippen molar-refractivity contribution in [3.63, 3.8) is 0 Å². The Labute approximate surface area is 97.7 Å². The monoisotopic (exact) mass is 235 g/mol. The SMILES string of the molecule is c1cc(-c2noc(C3CCCNC3)n2)cs1. The molecule has 84 valence electrons. The van der Waals surface area contributed by atoms with E-state index >= 15 is 0 Å². The van der Waals surface area contributed by atoms with Crippen LogP contribution in [0.3, 0.4) is 0 Å². The van der Waals surface area contributed by atoms with Gasteiger partial charge < -0.3 is 9.84 Å². The Bertz CT molecular complexity index is 446. The first-order chi connectivity index (χ1) is 7.93. The van der Waals surface area contributed by atoms with Gasteiger partial charge in [-0.2, -0.15) is 16.3 Å². The molecule has 0 aliphatic carbocycles. The van der Waals surface area contributed by atoms with Crippen molar-refractivity contribution in [2.24, 2.45) is 0 Å². The van der Waals surface area contributed by atoms with Gasteiger partial charge in [0.05, 0.1) is 5.92 Å². The van der Waals surface area contributed by atoms with Crippen molar-refractivity contribution < 1.29 is 4.52 Å². The van der Waals surface area contributed by atoms with Crippen LogP contribution in [0.15, 0.2) is 21.3 Å². The predicted octanol–water partition coefficient (Wildman–Crippen LogP) is 2.27. The second-order valence-corrected chi connectivity index (χ2v) is 4.79. The standard InChI is InChI=1S/C11H13N3OS/c1-2-8(6-12-4-1)11-13-10(14-15-11)9-3-5-16-7-9/h3,5,7-8,12H,1-2,4,6H2. The molecule has 1 saturated heterocycles. The second-order valence-electron chi connectivity index (χ2n) is 4.01. The van der Waals surface area contributed by atoms with E-state index in [4.69, 9.17) is 4.52 Å². The van der Waals surface area contributed by atoms with E-state index in [1.165, 1.54) is 6.42 Å². The van der Waals surface area contributed by atoms with Crippen LogP contribution in [0.25, 0.3) is 11.4 Å². The lowest BCUT2D eigenvalue weighted by Gasteiger charge is -2.18. The molecule has 1 aliphatic heterocycles. The molecule has 1 N–H and O–H groups in total. The van der Waals surface area contributed by atoms with Gasteiger partial charge in [-0.15, -0.1) is 0 Å². The maximum Gasteiger partial charge on any atom is 0.231 e. The van der Waals surface area contributed by atoms with Crippen molar-refractivity contribution in [2.75, 3.05) is 13.1 Å². The number of rotatable bonds is 2. The van der Waals surface area contributed by atoms with Gasteiger partial charge in [0, 0.05) is 17.5 Å². The summed E-state index contributed by atoms with van der Waals surface area (Å²) in [4.78, 5) is 4.47. The molecule has 4 nitrogen and oxygen atoms in total. The minimum Gasteiger partial charge on any atom is -0.339 e. The van der Waals surface area contributed by atoms with Gasteiger partial charge in [0.1, 0.15) is 0 Å². The summed E-state index contributed by atoms with van der Waals surface area (Å²) in [5.41, 5.74) is 1.05. The summed E-state index contributed by atoms with van der Waals surface area (Å²) in [7, 11) is 0. The molecule has 1 fully saturated rings. The molecule has 0 spiro atoms. The van der Waals surface area contributed by atoms with Crippen molar-refractivity contribution >= 4 is 11.3 Å². The number of piperidine rings is 1. The Morgan fingerprint density at radius 3 is 3.25 bits per heavy atom. The maximum atomic E-state index is 5.33. The van der Waals surface area contributed by atoms with E-state index in [1.54, 1.807) is 11.3 Å². The van der Waals surface area contributed by atoms with Crippen LogP contribution in [0.4, 0.5) is 0 Å². The van der Waals surface area contributed by atoms with Crippen LogP contribution in [0, 0.1) is 0 Å². The lowest BCUT2D eigenvalue weighted by molar-refractivity contribution is 0.322. The highest BCUT2D eigenvalue weighted by Gasteiger charge is 2.21. The summed E-state index contributed by atoms with van der Waals surface area (Å²) < 4.78 is 5.33. The molecule has 0 bridgehead atoms. The van der Waals surface area contributed by atoms with E-state index in [2.05, 4.69) is 15.5 Å². The highest BCUT2D eigenvalue weighted by molar-refractivity contribution is 7.08. The van der Waals surface area contributed by atoms with Crippen LogP contribution in [-0.2, 0) is 0 Å². The molecule has 1 atom stereocenters. The van der Waals surface area contributed by atoms with Gasteiger partial charge in [-0.05, 0) is 30.8 Å². The molecular formula is C11H13N3OS. The van der Waals surface area contributed by atoms with Gasteiger partial charge in [-0.25, -0.2) is 0 Å². The summed E-state index contributed by atoms with van der Waals surface area (Å²) in [5.74, 6) is 1.86. The van der Waals surface area contributed by atoms with Crippen LogP contribution < -0.4 is 5.32 Å². The third-order valence-electron chi connectivity index (χ3n) is 2.87. The van der Waals surface area contributed by atoms with E-state index in [0.29, 0.717) is 11.7 Å². The fraction of sp³-hybridized carbons (Fsp3) is 0.455. The van der Waals surface area contributed by atoms with Crippen molar-refractivity contribution in [1.82, 2.24) is 15.5 Å². The highest BCUT2D eigenvalue weighted by atomic mass is 32.1. The fourth-order valence-corrected chi connectivity index (χ4v) is 2.61. The number of hydrogen-bond donors (Lipinski definition) is 1. The Morgan fingerprint density at radius 2 is 2.50 bits per heavy atom. The topological polar surface area (TPSA) is 51.0 Å². The molecule has 5 heteroatoms. The van der Waals surface area contributed by atoms with Gasteiger partial charge in [0.25, 0.3) is 0 Å². The molecule has 3 heterocycles. The summed E-state index contributed by atoms with van der Waals surface area (Å²) in [6.45, 7) is 2.05. The summed E-state index contributed by atoms with van der Waals surface area (Å²) in [6, 6.07) is 2.01. The van der Waals surface area contributed by atoms with Gasteiger partial charge in [-0.1, -0.05) is 5.16 Å². The summed E-state index contributed by atoms with van der Waals surface area (Å²) in [6.07, 6.45) is 2.32. The zero-order chi connectivity index (χ0) is 10.8. The minimum absolute atomic E-state index is 0.383. The van der Waals surface area contributed by atoms with Gasteiger partial charge >= 0.3 is 0 Å². The Kier molecular flexibility index (Phi) is 2.71. The summed E-state index contributed by atoms with van der Waals surface area (Å²) in [5, 5.41) is 11.4. The fourth-order valence-electron chi connectivity index (χ4n) is 1.97. The van der Waals surface area contributed by atoms with E-state index in [1.807, 2.05) is 16.8 Å². The molecule has 0 saturated carbocycles. The Morgan fingerprint density at radius 1 is 1.50 bits per heavy atom. The average molecular weight is 235 g/mol. The molecule has 0 amide bonds. The first kappa shape index (κ1) is 9.99. The maximum absolute atomic E-state index is 5.33. The molecule has 0 radical (unpaired) electrons. The van der Waals surface area contributed by atoms with Crippen molar-refractivity contribution in [3.8, 4) is 11.4 Å². The van der Waals surface area contributed by atoms with E-state index < -0.39 is 0 Å². The third-order valence-corrected chi connectivity index (χ3v) is 3.55. The minimum atomic E-state index is 0.383. The van der Waals surface area contributed by atoms with Crippen LogP contribution in [-0.4, -0.2) is 23.2 Å². The molecule has 16 heavy (non-hydrogen) atoms. The number of nitrogens with one attached hydrogen (secondary N) is 1. The normalized spacial score (nSPS) is 21.1. The smallest absolute Gasteiger partial charge is 0.231 e. The molecule has 3 rings (SSSR count). The van der Waals surface area contributed by atoms with E-state index in [0.717, 1.165) is 31.0 Å². The van der Waals surface area contributed by atoms with Crippen LogP contribution in [0.1, 0.15) is 24.7 Å². The first-order valence-electron chi connectivity index (χ1n) is 5.50. The molecule has 1 unspecified atom stereocenters. The Balaban J connectivity index is 1.82. The van der Waals surface area contributed by atoms with Crippen LogP contribution in [0.5, 0.6) is 0 Å². The molecule has 1 aliphatic rings. The van der Waals surface area contributed by atoms with Gasteiger partial charge in [-0.3, -0.25) is 0 Å². The first-order valence-corrected chi connectivity index (χ1v) is 6.44. The molecular weight excluding hydrogens is 222 g/mol. The third kappa shape index (κ3) is 1.88. The lowest BCUT2D eigenvalue weighted by atomic mass is 10.00. The highest BCUT2D eigenvalue weighted by Crippen LogP contribution is 2.25. The number of nitrogens with zero attached hydrogens (tertiary/aromatic N) is 2. The van der Waals surface area contributed by atoms with E-state index in [9.17, 15) is 0 Å². The zero-order valence-electron chi connectivity index (χ0n) is 8.85. The zero-order valence-corrected chi connectivity index (χ0v) is 9.67. The van der Waals surface area contributed by atoms with Crippen LogP contribution >= 0.6 is 11.3 Å². The molecule has 2 aromatic rings. The second kappa shape index (κ2) is 4.35. The number of thiophene rings is 1. The van der Waals surface area contributed by atoms with Gasteiger partial charge in [0.15, 0.2) is 0 Å². The van der Waals surface area contributed by atoms with E-state index in [-0.39, 0.29) is 0 Å². The largest absolute Gasteiger partial charge is 0.339 e. The molecule has 0 aromatic carbocycles. The van der Waals surface area contributed by atoms with Crippen LogP contribution in [0.2, 0.25) is 0 Å². The predicted molar refractivity (Wildman–Crippen MR) is 62.5 cm³/mol. The van der Waals surface area contributed by atoms with Crippen molar-refractivity contribution in [3.05, 3.63) is 22.7 Å². The quantitative estimate of drug-likeness (QED) is 0.867. The Hall–Kier alpha value is -1.20. The average Bonchev–Trinajstić information content (AvgIpc) is 3.01. The molecule has 2 aromatic heterocycles. The summed E-state index contributed by atoms with van der Waals surface area (Å²) >= 11 is 1.65. The number of hydrogen-bond acceptors (Lipinski definition) is 5. The number of aromatic nitrogens is 2. The lowest BCUT2D eigenvalue weighted by Crippen LogP contribution is -2.28.